The molecule has 2 aromatic carbocycles. The number of aliphatic hydroxyl groups excluding tert-OH is 1. The van der Waals surface area contributed by atoms with Crippen LogP contribution >= 0.6 is 0 Å². The van der Waals surface area contributed by atoms with Crippen LogP contribution in [0.1, 0.15) is 23.7 Å². The van der Waals surface area contributed by atoms with Crippen LogP contribution < -0.4 is 4.90 Å². The van der Waals surface area contributed by atoms with Crippen molar-refractivity contribution in [2.75, 3.05) is 70.5 Å². The summed E-state index contributed by atoms with van der Waals surface area (Å²) in [6.07, 6.45) is 0.817. The maximum atomic E-state index is 14.7. The molecule has 0 unspecified atom stereocenters. The fourth-order valence-corrected chi connectivity index (χ4v) is 5.38. The average Bonchev–Trinajstić information content (AvgIpc) is 2.95. The number of aromatic nitrogens is 2. The van der Waals surface area contributed by atoms with Gasteiger partial charge in [0.2, 0.25) is 0 Å². The van der Waals surface area contributed by atoms with Crippen LogP contribution in [0.2, 0.25) is 0 Å². The number of benzene rings is 2. The number of aliphatic hydroxyl groups is 1. The van der Waals surface area contributed by atoms with Crippen molar-refractivity contribution in [2.24, 2.45) is 0 Å². The van der Waals surface area contributed by atoms with Gasteiger partial charge in [-0.25, -0.2) is 14.4 Å². The Hall–Kier alpha value is -2.91. The SMILES string of the molecule is CCc1nc(-c2ccccc2)nc(N2CCN(C[C@@H](O)CN3CCOCC3)CC2)c1Cc1ccccc1F. The van der Waals surface area contributed by atoms with Crippen LogP contribution in [-0.4, -0.2) is 96.6 Å². The molecule has 5 rings (SSSR count). The van der Waals surface area contributed by atoms with E-state index < -0.39 is 0 Å². The zero-order chi connectivity index (χ0) is 26.3. The summed E-state index contributed by atoms with van der Waals surface area (Å²) in [5.74, 6) is 1.40. The van der Waals surface area contributed by atoms with Crippen molar-refractivity contribution in [1.29, 1.82) is 0 Å². The molecule has 1 aromatic heterocycles. The van der Waals surface area contributed by atoms with Gasteiger partial charge >= 0.3 is 0 Å². The summed E-state index contributed by atoms with van der Waals surface area (Å²) in [5, 5.41) is 10.7. The lowest BCUT2D eigenvalue weighted by molar-refractivity contribution is 0.00655. The molecule has 0 spiro atoms. The Kier molecular flexibility index (Phi) is 8.96. The van der Waals surface area contributed by atoms with E-state index in [9.17, 15) is 9.50 Å². The van der Waals surface area contributed by atoms with E-state index in [1.54, 1.807) is 6.07 Å². The minimum atomic E-state index is -0.383. The molecule has 2 aliphatic heterocycles. The van der Waals surface area contributed by atoms with Crippen LogP contribution in [0.15, 0.2) is 54.6 Å². The second kappa shape index (κ2) is 12.8. The number of nitrogens with zero attached hydrogens (tertiary/aromatic N) is 5. The lowest BCUT2D eigenvalue weighted by Gasteiger charge is -2.38. The second-order valence-electron chi connectivity index (χ2n) is 10.1. The summed E-state index contributed by atoms with van der Waals surface area (Å²) in [5.41, 5.74) is 3.59. The van der Waals surface area contributed by atoms with Gasteiger partial charge in [0, 0.05) is 75.6 Å². The molecular formula is C30H38FN5O2. The number of hydrogen-bond acceptors (Lipinski definition) is 7. The molecule has 8 heteroatoms. The third-order valence-corrected chi connectivity index (χ3v) is 7.48. The summed E-state index contributed by atoms with van der Waals surface area (Å²) in [6, 6.07) is 17.0. The molecule has 1 N–H and O–H groups in total. The van der Waals surface area contributed by atoms with Crippen molar-refractivity contribution < 1.29 is 14.2 Å². The molecule has 1 atom stereocenters. The number of rotatable bonds is 9. The topological polar surface area (TPSA) is 65.0 Å². The van der Waals surface area contributed by atoms with Gasteiger partial charge in [-0.3, -0.25) is 9.80 Å². The van der Waals surface area contributed by atoms with E-state index in [2.05, 4.69) is 21.6 Å². The van der Waals surface area contributed by atoms with E-state index in [0.29, 0.717) is 30.9 Å². The number of β-amino-alcohol motifs (C(OH)–C–C–N with tert-alkyl or cyclic N) is 1. The molecule has 0 radical (unpaired) electrons. The maximum Gasteiger partial charge on any atom is 0.161 e. The van der Waals surface area contributed by atoms with Gasteiger partial charge in [0.15, 0.2) is 5.82 Å². The third kappa shape index (κ3) is 6.56. The van der Waals surface area contributed by atoms with Crippen LogP contribution in [0.25, 0.3) is 11.4 Å². The van der Waals surface area contributed by atoms with Gasteiger partial charge in [-0.15, -0.1) is 0 Å². The van der Waals surface area contributed by atoms with Crippen molar-refractivity contribution in [2.45, 2.75) is 25.9 Å². The standard InChI is InChI=1S/C30H38FN5O2/c1-2-28-26(20-24-10-6-7-11-27(24)31)30(33-29(32-28)23-8-4-3-5-9-23)36-14-12-34(13-15-36)21-25(37)22-35-16-18-38-19-17-35/h3-11,25,37H,2,12-22H2,1H3/t25-/m1/s1. The van der Waals surface area contributed by atoms with Crippen molar-refractivity contribution in [3.05, 3.63) is 77.2 Å². The lowest BCUT2D eigenvalue weighted by Crippen LogP contribution is -2.51. The van der Waals surface area contributed by atoms with Gasteiger partial charge in [-0.1, -0.05) is 55.5 Å². The Morgan fingerprint density at radius 1 is 0.868 bits per heavy atom. The van der Waals surface area contributed by atoms with Gasteiger partial charge < -0.3 is 14.7 Å². The summed E-state index contributed by atoms with van der Waals surface area (Å²) in [6.45, 7) is 9.95. The number of piperazine rings is 1. The van der Waals surface area contributed by atoms with Crippen LogP contribution in [0.5, 0.6) is 0 Å². The number of halogens is 1. The largest absolute Gasteiger partial charge is 0.390 e. The van der Waals surface area contributed by atoms with Crippen molar-refractivity contribution in [3.63, 3.8) is 0 Å². The molecule has 0 bridgehead atoms. The van der Waals surface area contributed by atoms with Crippen LogP contribution in [0.4, 0.5) is 10.2 Å². The first kappa shape index (κ1) is 26.7. The van der Waals surface area contributed by atoms with Crippen LogP contribution in [0, 0.1) is 5.82 Å². The van der Waals surface area contributed by atoms with Crippen LogP contribution in [0.3, 0.4) is 0 Å². The van der Waals surface area contributed by atoms with Gasteiger partial charge in [0.1, 0.15) is 11.6 Å². The molecule has 38 heavy (non-hydrogen) atoms. The molecule has 0 amide bonds. The summed E-state index contributed by atoms with van der Waals surface area (Å²) < 4.78 is 20.1. The number of aryl methyl sites for hydroxylation is 1. The minimum absolute atomic E-state index is 0.202. The maximum absolute atomic E-state index is 14.7. The molecular weight excluding hydrogens is 481 g/mol. The third-order valence-electron chi connectivity index (χ3n) is 7.48. The zero-order valence-corrected chi connectivity index (χ0v) is 22.2. The summed E-state index contributed by atoms with van der Waals surface area (Å²) >= 11 is 0. The van der Waals surface area contributed by atoms with E-state index in [0.717, 1.165) is 81.5 Å². The van der Waals surface area contributed by atoms with E-state index in [1.165, 1.54) is 6.07 Å². The van der Waals surface area contributed by atoms with Crippen LogP contribution in [-0.2, 0) is 17.6 Å². The first-order chi connectivity index (χ1) is 18.6. The van der Waals surface area contributed by atoms with Gasteiger partial charge in [0.25, 0.3) is 0 Å². The zero-order valence-electron chi connectivity index (χ0n) is 22.2. The number of ether oxygens (including phenoxy) is 1. The highest BCUT2D eigenvalue weighted by atomic mass is 19.1. The van der Waals surface area contributed by atoms with E-state index in [1.807, 2.05) is 42.5 Å². The fourth-order valence-electron chi connectivity index (χ4n) is 5.38. The highest BCUT2D eigenvalue weighted by Gasteiger charge is 2.26. The van der Waals surface area contributed by atoms with Gasteiger partial charge in [0.05, 0.1) is 19.3 Å². The molecule has 2 fully saturated rings. The summed E-state index contributed by atoms with van der Waals surface area (Å²) in [7, 11) is 0. The van der Waals surface area contributed by atoms with Crippen molar-refractivity contribution in [3.8, 4) is 11.4 Å². The Bertz CT molecular complexity index is 1180. The molecule has 0 aliphatic carbocycles. The molecule has 202 valence electrons. The van der Waals surface area contributed by atoms with E-state index in [-0.39, 0.29) is 11.9 Å². The Morgan fingerprint density at radius 3 is 2.21 bits per heavy atom. The Morgan fingerprint density at radius 2 is 1.53 bits per heavy atom. The molecule has 2 saturated heterocycles. The fraction of sp³-hybridized carbons (Fsp3) is 0.467. The molecule has 7 nitrogen and oxygen atoms in total. The molecule has 0 saturated carbocycles. The van der Waals surface area contributed by atoms with E-state index in [4.69, 9.17) is 14.7 Å². The van der Waals surface area contributed by atoms with Gasteiger partial charge in [-0.2, -0.15) is 0 Å². The monoisotopic (exact) mass is 519 g/mol. The first-order valence-corrected chi connectivity index (χ1v) is 13.7. The predicted molar refractivity (Wildman–Crippen MR) is 148 cm³/mol. The highest BCUT2D eigenvalue weighted by Crippen LogP contribution is 2.29. The number of hydrogen-bond donors (Lipinski definition) is 1. The second-order valence-corrected chi connectivity index (χ2v) is 10.1. The van der Waals surface area contributed by atoms with Crippen molar-refractivity contribution >= 4 is 5.82 Å². The molecule has 2 aliphatic rings. The predicted octanol–water partition coefficient (Wildman–Crippen LogP) is 3.25. The van der Waals surface area contributed by atoms with Crippen molar-refractivity contribution in [1.82, 2.24) is 19.8 Å². The molecule has 3 heterocycles. The van der Waals surface area contributed by atoms with E-state index >= 15 is 0 Å². The highest BCUT2D eigenvalue weighted by molar-refractivity contribution is 5.61. The Labute approximate surface area is 224 Å². The normalized spacial score (nSPS) is 18.0. The number of morpholine rings is 1. The smallest absolute Gasteiger partial charge is 0.161 e. The van der Waals surface area contributed by atoms with Gasteiger partial charge in [-0.05, 0) is 18.1 Å². The quantitative estimate of drug-likeness (QED) is 0.466. The first-order valence-electron chi connectivity index (χ1n) is 13.7. The molecule has 3 aromatic rings. The Balaban J connectivity index is 1.35. The number of anilines is 1. The average molecular weight is 520 g/mol. The minimum Gasteiger partial charge on any atom is -0.390 e. The summed E-state index contributed by atoms with van der Waals surface area (Å²) in [4.78, 5) is 16.9. The lowest BCUT2D eigenvalue weighted by atomic mass is 10.0.